The average molecular weight is 390 g/mol. The van der Waals surface area contributed by atoms with E-state index in [1.165, 1.54) is 11.8 Å². The second-order valence-electron chi connectivity index (χ2n) is 6.14. The topological polar surface area (TPSA) is 79.8 Å². The number of rotatable bonds is 8. The first-order valence-electron chi connectivity index (χ1n) is 8.86. The van der Waals surface area contributed by atoms with Crippen molar-refractivity contribution in [2.24, 2.45) is 4.99 Å². The molecule has 0 aliphatic heterocycles. The van der Waals surface area contributed by atoms with Crippen molar-refractivity contribution in [3.05, 3.63) is 59.7 Å². The van der Waals surface area contributed by atoms with Crippen LogP contribution in [-0.4, -0.2) is 40.8 Å². The van der Waals surface area contributed by atoms with Crippen molar-refractivity contribution >= 4 is 15.8 Å². The van der Waals surface area contributed by atoms with Gasteiger partial charge in [0.15, 0.2) is 15.8 Å². The maximum atomic E-state index is 11.5. The van der Waals surface area contributed by atoms with Crippen LogP contribution in [-0.2, 0) is 22.8 Å². The molecular formula is C20H27N3O3S. The molecule has 2 N–H and O–H groups in total. The molecule has 7 heteroatoms. The molecule has 0 heterocycles. The Morgan fingerprint density at radius 3 is 2.19 bits per heavy atom. The average Bonchev–Trinajstić information content (AvgIpc) is 2.66. The van der Waals surface area contributed by atoms with Crippen LogP contribution in [0.4, 0.5) is 0 Å². The molecule has 146 valence electrons. The van der Waals surface area contributed by atoms with Gasteiger partial charge in [-0.2, -0.15) is 0 Å². The lowest BCUT2D eigenvalue weighted by molar-refractivity contribution is 0.414. The minimum atomic E-state index is -3.17. The van der Waals surface area contributed by atoms with E-state index >= 15 is 0 Å². The number of hydrogen-bond donors (Lipinski definition) is 2. The zero-order valence-corrected chi connectivity index (χ0v) is 16.8. The summed E-state index contributed by atoms with van der Waals surface area (Å²) < 4.78 is 28.2. The van der Waals surface area contributed by atoms with Gasteiger partial charge in [-0.3, -0.25) is 0 Å². The fourth-order valence-corrected chi connectivity index (χ4v) is 3.10. The van der Waals surface area contributed by atoms with Crippen molar-refractivity contribution in [1.29, 1.82) is 0 Å². The Morgan fingerprint density at radius 2 is 1.63 bits per heavy atom. The van der Waals surface area contributed by atoms with Crippen LogP contribution >= 0.6 is 0 Å². The Labute approximate surface area is 161 Å². The zero-order chi connectivity index (χ0) is 19.7. The molecule has 0 fully saturated rings. The van der Waals surface area contributed by atoms with Gasteiger partial charge in [0.25, 0.3) is 0 Å². The second kappa shape index (κ2) is 9.97. The highest BCUT2D eigenvalue weighted by atomic mass is 32.2. The van der Waals surface area contributed by atoms with Crippen LogP contribution in [0.2, 0.25) is 0 Å². The predicted molar refractivity (Wildman–Crippen MR) is 109 cm³/mol. The molecular weight excluding hydrogens is 362 g/mol. The number of guanidine groups is 1. The summed E-state index contributed by atoms with van der Waals surface area (Å²) in [5.74, 6) is 1.58. The van der Waals surface area contributed by atoms with E-state index < -0.39 is 9.84 Å². The van der Waals surface area contributed by atoms with Crippen LogP contribution in [0.5, 0.6) is 5.75 Å². The van der Waals surface area contributed by atoms with Crippen LogP contribution in [0.3, 0.4) is 0 Å². The van der Waals surface area contributed by atoms with Crippen molar-refractivity contribution in [1.82, 2.24) is 10.6 Å². The molecule has 0 aliphatic carbocycles. The Morgan fingerprint density at radius 1 is 1.00 bits per heavy atom. The first-order valence-corrected chi connectivity index (χ1v) is 10.8. The summed E-state index contributed by atoms with van der Waals surface area (Å²) in [4.78, 5) is 4.88. The Balaban J connectivity index is 1.91. The highest BCUT2D eigenvalue weighted by molar-refractivity contribution is 7.90. The highest BCUT2D eigenvalue weighted by Gasteiger charge is 2.06. The summed E-state index contributed by atoms with van der Waals surface area (Å²) in [6.45, 7) is 4.01. The van der Waals surface area contributed by atoms with E-state index in [4.69, 9.17) is 4.74 Å². The van der Waals surface area contributed by atoms with Crippen molar-refractivity contribution in [2.75, 3.05) is 26.5 Å². The van der Waals surface area contributed by atoms with Crippen molar-refractivity contribution in [2.45, 2.75) is 24.8 Å². The SMILES string of the molecule is CCNC(=NCc1ccc(S(C)(=O)=O)cc1)NCCc1ccc(OC)cc1. The lowest BCUT2D eigenvalue weighted by atomic mass is 10.1. The summed E-state index contributed by atoms with van der Waals surface area (Å²) in [5, 5.41) is 6.53. The first-order chi connectivity index (χ1) is 12.9. The Bertz CT molecular complexity index is 845. The fraction of sp³-hybridized carbons (Fsp3) is 0.350. The van der Waals surface area contributed by atoms with Crippen LogP contribution in [0.25, 0.3) is 0 Å². The molecule has 0 saturated heterocycles. The second-order valence-corrected chi connectivity index (χ2v) is 8.15. The standard InChI is InChI=1S/C20H27N3O3S/c1-4-21-20(22-14-13-16-5-9-18(26-2)10-6-16)23-15-17-7-11-19(12-8-17)27(3,24)25/h5-12H,4,13-15H2,1-3H3,(H2,21,22,23). The van der Waals surface area contributed by atoms with Crippen molar-refractivity contribution in [3.63, 3.8) is 0 Å². The summed E-state index contributed by atoms with van der Waals surface area (Å²) in [5.41, 5.74) is 2.17. The van der Waals surface area contributed by atoms with Crippen LogP contribution < -0.4 is 15.4 Å². The van der Waals surface area contributed by atoms with E-state index in [-0.39, 0.29) is 0 Å². The first kappa shape index (κ1) is 20.8. The van der Waals surface area contributed by atoms with Gasteiger partial charge in [-0.25, -0.2) is 13.4 Å². The third kappa shape index (κ3) is 6.94. The minimum absolute atomic E-state index is 0.319. The third-order valence-electron chi connectivity index (χ3n) is 3.98. The Kier molecular flexibility index (Phi) is 7.67. The van der Waals surface area contributed by atoms with Gasteiger partial charge in [0.1, 0.15) is 5.75 Å². The number of nitrogens with one attached hydrogen (secondary N) is 2. The Hall–Kier alpha value is -2.54. The number of ether oxygens (including phenoxy) is 1. The number of aliphatic imine (C=N–C) groups is 1. The van der Waals surface area contributed by atoms with E-state index in [0.29, 0.717) is 11.4 Å². The largest absolute Gasteiger partial charge is 0.497 e. The quantitative estimate of drug-likeness (QED) is 0.535. The minimum Gasteiger partial charge on any atom is -0.497 e. The van der Waals surface area contributed by atoms with Gasteiger partial charge in [0.05, 0.1) is 18.6 Å². The van der Waals surface area contributed by atoms with Crippen molar-refractivity contribution < 1.29 is 13.2 Å². The van der Waals surface area contributed by atoms with E-state index in [1.54, 1.807) is 31.4 Å². The number of benzene rings is 2. The lowest BCUT2D eigenvalue weighted by Gasteiger charge is -2.11. The third-order valence-corrected chi connectivity index (χ3v) is 5.11. The lowest BCUT2D eigenvalue weighted by Crippen LogP contribution is -2.38. The van der Waals surface area contributed by atoms with Crippen LogP contribution in [0.15, 0.2) is 58.4 Å². The van der Waals surface area contributed by atoms with Crippen LogP contribution in [0, 0.1) is 0 Å². The number of nitrogens with zero attached hydrogens (tertiary/aromatic N) is 1. The highest BCUT2D eigenvalue weighted by Crippen LogP contribution is 2.12. The van der Waals surface area contributed by atoms with E-state index in [2.05, 4.69) is 15.6 Å². The summed E-state index contributed by atoms with van der Waals surface area (Å²) in [6, 6.07) is 14.8. The molecule has 0 unspecified atom stereocenters. The molecule has 0 amide bonds. The van der Waals surface area contributed by atoms with Gasteiger partial charge in [-0.05, 0) is 48.7 Å². The molecule has 0 aromatic heterocycles. The van der Waals surface area contributed by atoms with E-state index in [1.807, 2.05) is 31.2 Å². The molecule has 6 nitrogen and oxygen atoms in total. The molecule has 0 atom stereocenters. The molecule has 27 heavy (non-hydrogen) atoms. The molecule has 0 saturated carbocycles. The molecule has 2 rings (SSSR count). The van der Waals surface area contributed by atoms with Gasteiger partial charge in [0, 0.05) is 19.3 Å². The van der Waals surface area contributed by atoms with Gasteiger partial charge in [0.2, 0.25) is 0 Å². The molecule has 0 bridgehead atoms. The molecule has 0 spiro atoms. The van der Waals surface area contributed by atoms with Crippen molar-refractivity contribution in [3.8, 4) is 5.75 Å². The molecule has 0 aliphatic rings. The number of methoxy groups -OCH3 is 1. The maximum absolute atomic E-state index is 11.5. The van der Waals surface area contributed by atoms with E-state index in [0.717, 1.165) is 36.8 Å². The molecule has 2 aromatic rings. The number of sulfone groups is 1. The van der Waals surface area contributed by atoms with Crippen LogP contribution in [0.1, 0.15) is 18.1 Å². The summed E-state index contributed by atoms with van der Waals surface area (Å²) in [6.07, 6.45) is 2.08. The van der Waals surface area contributed by atoms with Gasteiger partial charge in [-0.15, -0.1) is 0 Å². The predicted octanol–water partition coefficient (Wildman–Crippen LogP) is 2.40. The normalized spacial score (nSPS) is 11.9. The monoisotopic (exact) mass is 389 g/mol. The smallest absolute Gasteiger partial charge is 0.191 e. The van der Waals surface area contributed by atoms with Gasteiger partial charge >= 0.3 is 0 Å². The summed E-state index contributed by atoms with van der Waals surface area (Å²) in [7, 11) is -1.51. The van der Waals surface area contributed by atoms with Gasteiger partial charge < -0.3 is 15.4 Å². The summed E-state index contributed by atoms with van der Waals surface area (Å²) >= 11 is 0. The zero-order valence-electron chi connectivity index (χ0n) is 16.0. The maximum Gasteiger partial charge on any atom is 0.191 e. The fourth-order valence-electron chi connectivity index (χ4n) is 2.47. The van der Waals surface area contributed by atoms with E-state index in [9.17, 15) is 8.42 Å². The molecule has 0 radical (unpaired) electrons. The number of hydrogen-bond acceptors (Lipinski definition) is 4. The van der Waals surface area contributed by atoms with Gasteiger partial charge in [-0.1, -0.05) is 24.3 Å². The molecule has 2 aromatic carbocycles.